The number of amides is 1. The number of hydrogen-bond acceptors (Lipinski definition) is 3. The molecule has 1 rings (SSSR count). The topological polar surface area (TPSA) is 49.8 Å². The minimum Gasteiger partial charge on any atom is -0.435 e. The normalized spacial score (nSPS) is 10.6. The summed E-state index contributed by atoms with van der Waals surface area (Å²) in [4.78, 5) is 13.6. The zero-order valence-electron chi connectivity index (χ0n) is 10.7. The lowest BCUT2D eigenvalue weighted by molar-refractivity contribution is -0.0498. The highest BCUT2D eigenvalue weighted by Crippen LogP contribution is 2.16. The van der Waals surface area contributed by atoms with Gasteiger partial charge in [0.15, 0.2) is 0 Å². The van der Waals surface area contributed by atoms with Crippen molar-refractivity contribution in [3.05, 3.63) is 29.8 Å². The second-order valence-corrected chi connectivity index (χ2v) is 3.92. The minimum atomic E-state index is -2.88. The summed E-state index contributed by atoms with van der Waals surface area (Å²) in [5.41, 5.74) is 0.378. The molecule has 1 aromatic carbocycles. The first kappa shape index (κ1) is 15.4. The third kappa shape index (κ3) is 4.82. The van der Waals surface area contributed by atoms with Crippen LogP contribution in [0, 0.1) is 0 Å². The van der Waals surface area contributed by atoms with E-state index in [1.165, 1.54) is 29.2 Å². The predicted molar refractivity (Wildman–Crippen MR) is 66.4 cm³/mol. The number of halogens is 2. The highest BCUT2D eigenvalue weighted by atomic mass is 19.3. The Bertz CT molecular complexity index is 389. The fourth-order valence-corrected chi connectivity index (χ4v) is 1.67. The van der Waals surface area contributed by atoms with Gasteiger partial charge in [-0.2, -0.15) is 8.78 Å². The van der Waals surface area contributed by atoms with E-state index >= 15 is 0 Å². The molecule has 0 heterocycles. The Balaban J connectivity index is 2.75. The van der Waals surface area contributed by atoms with Gasteiger partial charge in [-0.1, -0.05) is 6.92 Å². The highest BCUT2D eigenvalue weighted by Gasteiger charge is 2.14. The number of rotatable bonds is 7. The van der Waals surface area contributed by atoms with E-state index in [2.05, 4.69) is 4.74 Å². The van der Waals surface area contributed by atoms with E-state index in [1.807, 2.05) is 6.92 Å². The monoisotopic (exact) mass is 273 g/mol. The van der Waals surface area contributed by atoms with Gasteiger partial charge < -0.3 is 14.7 Å². The van der Waals surface area contributed by atoms with Gasteiger partial charge in [0.05, 0.1) is 6.61 Å². The van der Waals surface area contributed by atoms with Crippen molar-refractivity contribution in [3.8, 4) is 5.75 Å². The van der Waals surface area contributed by atoms with Gasteiger partial charge in [0.25, 0.3) is 5.91 Å². The zero-order valence-corrected chi connectivity index (χ0v) is 10.7. The number of aliphatic hydroxyl groups is 1. The third-order valence-electron chi connectivity index (χ3n) is 2.48. The van der Waals surface area contributed by atoms with Gasteiger partial charge in [-0.15, -0.1) is 0 Å². The maximum atomic E-state index is 12.1. The van der Waals surface area contributed by atoms with Crippen LogP contribution in [0.25, 0.3) is 0 Å². The molecule has 4 nitrogen and oxygen atoms in total. The van der Waals surface area contributed by atoms with Crippen LogP contribution in [0.3, 0.4) is 0 Å². The first-order valence-corrected chi connectivity index (χ1v) is 6.03. The third-order valence-corrected chi connectivity index (χ3v) is 2.48. The Morgan fingerprint density at radius 1 is 1.32 bits per heavy atom. The molecule has 1 amide bonds. The molecule has 0 fully saturated rings. The summed E-state index contributed by atoms with van der Waals surface area (Å²) in [6.07, 6.45) is 0.776. The summed E-state index contributed by atoms with van der Waals surface area (Å²) in [7, 11) is 0. The van der Waals surface area contributed by atoms with Crippen LogP contribution in [-0.4, -0.2) is 42.2 Å². The van der Waals surface area contributed by atoms with Crippen LogP contribution in [-0.2, 0) is 0 Å². The molecule has 1 aromatic rings. The van der Waals surface area contributed by atoms with Gasteiger partial charge in [0, 0.05) is 18.7 Å². The fraction of sp³-hybridized carbons (Fsp3) is 0.462. The molecule has 0 aliphatic heterocycles. The average Bonchev–Trinajstić information content (AvgIpc) is 2.38. The largest absolute Gasteiger partial charge is 0.435 e. The van der Waals surface area contributed by atoms with Gasteiger partial charge in [-0.25, -0.2) is 0 Å². The smallest absolute Gasteiger partial charge is 0.387 e. The number of nitrogens with zero attached hydrogens (tertiary/aromatic N) is 1. The summed E-state index contributed by atoms with van der Waals surface area (Å²) in [5.74, 6) is -0.227. The van der Waals surface area contributed by atoms with E-state index in [-0.39, 0.29) is 24.8 Å². The number of alkyl halides is 2. The first-order valence-electron chi connectivity index (χ1n) is 6.03. The Labute approximate surface area is 110 Å². The molecule has 0 atom stereocenters. The van der Waals surface area contributed by atoms with Crippen LogP contribution in [0.4, 0.5) is 8.78 Å². The molecule has 0 spiro atoms. The van der Waals surface area contributed by atoms with Crippen molar-refractivity contribution < 1.29 is 23.4 Å². The van der Waals surface area contributed by atoms with Crippen LogP contribution >= 0.6 is 0 Å². The Morgan fingerprint density at radius 2 is 1.95 bits per heavy atom. The lowest BCUT2D eigenvalue weighted by Crippen LogP contribution is -2.34. The predicted octanol–water partition coefficient (Wildman–Crippen LogP) is 2.13. The lowest BCUT2D eigenvalue weighted by atomic mass is 10.2. The molecule has 0 saturated carbocycles. The van der Waals surface area contributed by atoms with Crippen LogP contribution in [0.5, 0.6) is 5.75 Å². The molecule has 0 radical (unpaired) electrons. The second-order valence-electron chi connectivity index (χ2n) is 3.92. The van der Waals surface area contributed by atoms with Crippen LogP contribution in [0.1, 0.15) is 23.7 Å². The molecule has 6 heteroatoms. The Kier molecular flexibility index (Phi) is 6.21. The summed E-state index contributed by atoms with van der Waals surface area (Å²) < 4.78 is 28.2. The fourth-order valence-electron chi connectivity index (χ4n) is 1.67. The number of benzene rings is 1. The standard InChI is InChI=1S/C13H17F2NO3/c1-2-7-16(8-9-17)12(18)10-3-5-11(6-4-10)19-13(14)15/h3-6,13,17H,2,7-9H2,1H3. The molecule has 0 saturated heterocycles. The van der Waals surface area contributed by atoms with E-state index in [1.54, 1.807) is 0 Å². The van der Waals surface area contributed by atoms with E-state index in [9.17, 15) is 13.6 Å². The first-order chi connectivity index (χ1) is 9.08. The Hall–Kier alpha value is -1.69. The number of ether oxygens (including phenoxy) is 1. The Morgan fingerprint density at radius 3 is 2.42 bits per heavy atom. The van der Waals surface area contributed by atoms with E-state index in [0.717, 1.165) is 6.42 Å². The summed E-state index contributed by atoms with van der Waals surface area (Å²) in [5, 5.41) is 8.91. The van der Waals surface area contributed by atoms with Crippen molar-refractivity contribution >= 4 is 5.91 Å². The van der Waals surface area contributed by atoms with Crippen molar-refractivity contribution in [2.45, 2.75) is 20.0 Å². The van der Waals surface area contributed by atoms with Crippen molar-refractivity contribution in [3.63, 3.8) is 0 Å². The summed E-state index contributed by atoms with van der Waals surface area (Å²) in [6.45, 7) is -0.279. The van der Waals surface area contributed by atoms with Crippen molar-refractivity contribution in [1.82, 2.24) is 4.90 Å². The molecule has 0 aliphatic carbocycles. The molecule has 0 unspecified atom stereocenters. The average molecular weight is 273 g/mol. The molecule has 1 N–H and O–H groups in total. The number of aliphatic hydroxyl groups excluding tert-OH is 1. The van der Waals surface area contributed by atoms with Gasteiger partial charge in [0.2, 0.25) is 0 Å². The van der Waals surface area contributed by atoms with Crippen molar-refractivity contribution in [2.75, 3.05) is 19.7 Å². The second kappa shape index (κ2) is 7.68. The van der Waals surface area contributed by atoms with E-state index in [0.29, 0.717) is 12.1 Å². The van der Waals surface area contributed by atoms with Gasteiger partial charge >= 0.3 is 6.61 Å². The van der Waals surface area contributed by atoms with E-state index < -0.39 is 6.61 Å². The van der Waals surface area contributed by atoms with Crippen molar-refractivity contribution in [1.29, 1.82) is 0 Å². The molecule has 0 aromatic heterocycles. The van der Waals surface area contributed by atoms with Crippen LogP contribution in [0.2, 0.25) is 0 Å². The number of carbonyl (C=O) groups is 1. The van der Waals surface area contributed by atoms with Gasteiger partial charge in [0.1, 0.15) is 5.75 Å². The molecule has 19 heavy (non-hydrogen) atoms. The number of carbonyl (C=O) groups excluding carboxylic acids is 1. The summed E-state index contributed by atoms with van der Waals surface area (Å²) >= 11 is 0. The molecule has 106 valence electrons. The molecular formula is C13H17F2NO3. The quantitative estimate of drug-likeness (QED) is 0.828. The van der Waals surface area contributed by atoms with Gasteiger partial charge in [-0.3, -0.25) is 4.79 Å². The minimum absolute atomic E-state index is 0.00995. The molecule has 0 aliphatic rings. The van der Waals surface area contributed by atoms with Crippen LogP contribution in [0.15, 0.2) is 24.3 Å². The SMILES string of the molecule is CCCN(CCO)C(=O)c1ccc(OC(F)F)cc1. The maximum Gasteiger partial charge on any atom is 0.387 e. The molecule has 0 bridgehead atoms. The van der Waals surface area contributed by atoms with Crippen LogP contribution < -0.4 is 4.74 Å². The zero-order chi connectivity index (χ0) is 14.3. The lowest BCUT2D eigenvalue weighted by Gasteiger charge is -2.21. The maximum absolute atomic E-state index is 12.1. The van der Waals surface area contributed by atoms with Gasteiger partial charge in [-0.05, 0) is 30.7 Å². The van der Waals surface area contributed by atoms with E-state index in [4.69, 9.17) is 5.11 Å². The highest BCUT2D eigenvalue weighted by molar-refractivity contribution is 5.94. The molecular weight excluding hydrogens is 256 g/mol. The van der Waals surface area contributed by atoms with Crippen molar-refractivity contribution in [2.24, 2.45) is 0 Å². The number of hydrogen-bond donors (Lipinski definition) is 1. The summed E-state index contributed by atoms with van der Waals surface area (Å²) in [6, 6.07) is 5.51.